The SMILES string of the molecule is C=C/C=C\C=C\C1C(C2=CC=C(C3=C(C4C=CC=CC4)C=CC(/C(C=C)=C/C=C/S(=O)(=O)O)C3C3=CCCC=C3)CC2)=C(/C(C=C)=C/C=C/S(=O)(=O)O)C=CC1C1C=CC=CC1. The van der Waals surface area contributed by atoms with E-state index >= 15 is 0 Å². The van der Waals surface area contributed by atoms with Gasteiger partial charge in [0.25, 0.3) is 20.2 Å². The maximum atomic E-state index is 11.7. The van der Waals surface area contributed by atoms with Gasteiger partial charge in [0.05, 0.1) is 10.8 Å². The van der Waals surface area contributed by atoms with Gasteiger partial charge in [0, 0.05) is 23.7 Å². The van der Waals surface area contributed by atoms with E-state index < -0.39 is 20.2 Å². The van der Waals surface area contributed by atoms with E-state index in [-0.39, 0.29) is 35.5 Å². The highest BCUT2D eigenvalue weighted by Gasteiger charge is 2.37. The minimum Gasteiger partial charge on any atom is -0.282 e. The maximum absolute atomic E-state index is 11.7. The molecule has 0 aliphatic heterocycles. The second kappa shape index (κ2) is 21.4. The number of allylic oxidation sites excluding steroid dienone is 37. The van der Waals surface area contributed by atoms with Crippen LogP contribution in [0.1, 0.15) is 38.5 Å². The predicted molar refractivity (Wildman–Crippen MR) is 257 cm³/mol. The van der Waals surface area contributed by atoms with Crippen molar-refractivity contribution in [1.29, 1.82) is 0 Å². The molecule has 6 rings (SSSR count). The quantitative estimate of drug-likeness (QED) is 0.118. The molecular formula is C54H56O6S2. The van der Waals surface area contributed by atoms with Crippen molar-refractivity contribution in [2.75, 3.05) is 0 Å². The Labute approximate surface area is 369 Å². The van der Waals surface area contributed by atoms with Crippen LogP contribution in [0.2, 0.25) is 0 Å². The monoisotopic (exact) mass is 864 g/mol. The van der Waals surface area contributed by atoms with Gasteiger partial charge >= 0.3 is 0 Å². The minimum absolute atomic E-state index is 0.0435. The Kier molecular flexibility index (Phi) is 15.9. The van der Waals surface area contributed by atoms with Gasteiger partial charge in [-0.2, -0.15) is 16.8 Å². The summed E-state index contributed by atoms with van der Waals surface area (Å²) < 4.78 is 65.6. The maximum Gasteiger partial charge on any atom is 0.287 e. The number of hydrogen-bond donors (Lipinski definition) is 2. The number of rotatable bonds is 16. The Morgan fingerprint density at radius 3 is 1.98 bits per heavy atom. The lowest BCUT2D eigenvalue weighted by Crippen LogP contribution is -2.27. The topological polar surface area (TPSA) is 109 Å². The third kappa shape index (κ3) is 11.8. The Hall–Kier alpha value is -5.64. The van der Waals surface area contributed by atoms with Crippen LogP contribution in [0, 0.1) is 35.5 Å². The summed E-state index contributed by atoms with van der Waals surface area (Å²) in [6.45, 7) is 12.1. The van der Waals surface area contributed by atoms with Crippen LogP contribution in [0.25, 0.3) is 0 Å². The molecule has 62 heavy (non-hydrogen) atoms. The molecule has 6 nitrogen and oxygen atoms in total. The average molecular weight is 865 g/mol. The first-order valence-electron chi connectivity index (χ1n) is 21.1. The van der Waals surface area contributed by atoms with Crippen LogP contribution < -0.4 is 0 Å². The first kappa shape index (κ1) is 45.9. The zero-order chi connectivity index (χ0) is 44.1. The van der Waals surface area contributed by atoms with E-state index in [0.29, 0.717) is 0 Å². The summed E-state index contributed by atoms with van der Waals surface area (Å²) in [5.74, 6) is 0.256. The highest BCUT2D eigenvalue weighted by atomic mass is 32.2. The summed E-state index contributed by atoms with van der Waals surface area (Å²) in [4.78, 5) is 0. The molecule has 2 N–H and O–H groups in total. The summed E-state index contributed by atoms with van der Waals surface area (Å²) in [5, 5.41) is 1.57. The second-order valence-electron chi connectivity index (χ2n) is 15.8. The number of hydrogen-bond acceptors (Lipinski definition) is 4. The molecule has 0 fully saturated rings. The zero-order valence-electron chi connectivity index (χ0n) is 35.0. The lowest BCUT2D eigenvalue weighted by molar-refractivity contribution is 0.402. The first-order valence-corrected chi connectivity index (χ1v) is 24.1. The van der Waals surface area contributed by atoms with Gasteiger partial charge in [-0.05, 0) is 113 Å². The van der Waals surface area contributed by atoms with E-state index in [0.717, 1.165) is 71.6 Å². The third-order valence-corrected chi connectivity index (χ3v) is 13.0. The summed E-state index contributed by atoms with van der Waals surface area (Å²) in [7, 11) is -8.65. The van der Waals surface area contributed by atoms with Gasteiger partial charge in [-0.1, -0.05) is 178 Å². The molecule has 0 saturated carbocycles. The molecule has 8 heteroatoms. The highest BCUT2D eigenvalue weighted by Crippen LogP contribution is 2.50. The molecule has 0 spiro atoms. The summed E-state index contributed by atoms with van der Waals surface area (Å²) in [5.41, 5.74) is 9.74. The minimum atomic E-state index is -4.33. The fourth-order valence-corrected chi connectivity index (χ4v) is 9.82. The summed E-state index contributed by atoms with van der Waals surface area (Å²) in [6, 6.07) is 0. The largest absolute Gasteiger partial charge is 0.287 e. The standard InChI is InChI=1S/C54H56O6S2/c1-4-7-8-18-29-51-47(42-21-12-9-13-22-42)34-35-48(40(5-2)27-19-38-61(55,56)57)52(51)45-30-32-46(33-31-45)54-50(43-23-14-10-15-24-43)37-36-49(53(54)44-25-16-11-17-26-44)41(6-3)28-20-39-62(58,59)60/h4-10,12-16,18-21,23,25-30,32,34-39,42-43,47,49,51,53H,1-3,11,17,22,24,31,33H2,(H,55,56,57)(H,58,59,60)/b8-7-,29-18+,38-19+,39-20+,40-27+,41-28+. The van der Waals surface area contributed by atoms with Gasteiger partial charge in [-0.3, -0.25) is 9.11 Å². The van der Waals surface area contributed by atoms with Crippen molar-refractivity contribution >= 4 is 20.2 Å². The fourth-order valence-electron chi connectivity index (χ4n) is 9.26. The first-order chi connectivity index (χ1) is 29.9. The average Bonchev–Trinajstić information content (AvgIpc) is 3.28. The molecule has 0 aromatic rings. The summed E-state index contributed by atoms with van der Waals surface area (Å²) in [6.07, 6.45) is 62.2. The van der Waals surface area contributed by atoms with Gasteiger partial charge in [-0.15, -0.1) is 0 Å². The van der Waals surface area contributed by atoms with E-state index in [1.165, 1.54) is 40.0 Å². The van der Waals surface area contributed by atoms with Crippen molar-refractivity contribution in [2.45, 2.75) is 38.5 Å². The van der Waals surface area contributed by atoms with Crippen molar-refractivity contribution in [3.05, 3.63) is 251 Å². The van der Waals surface area contributed by atoms with Crippen LogP contribution in [-0.4, -0.2) is 25.9 Å². The van der Waals surface area contributed by atoms with E-state index in [1.54, 1.807) is 30.4 Å². The Morgan fingerprint density at radius 1 is 0.677 bits per heavy atom. The predicted octanol–water partition coefficient (Wildman–Crippen LogP) is 12.7. The van der Waals surface area contributed by atoms with Crippen molar-refractivity contribution < 1.29 is 25.9 Å². The van der Waals surface area contributed by atoms with Crippen LogP contribution in [0.3, 0.4) is 0 Å². The molecular weight excluding hydrogens is 809 g/mol. The summed E-state index contributed by atoms with van der Waals surface area (Å²) >= 11 is 0. The van der Waals surface area contributed by atoms with E-state index in [9.17, 15) is 25.9 Å². The Bertz CT molecular complexity index is 2590. The fraction of sp³-hybridized carbons (Fsp3) is 0.222. The lowest BCUT2D eigenvalue weighted by atomic mass is 9.64. The van der Waals surface area contributed by atoms with Crippen LogP contribution in [-0.2, 0) is 20.2 Å². The molecule has 6 aliphatic carbocycles. The third-order valence-electron chi connectivity index (χ3n) is 12.0. The van der Waals surface area contributed by atoms with E-state index in [4.69, 9.17) is 0 Å². The zero-order valence-corrected chi connectivity index (χ0v) is 36.6. The molecule has 0 heterocycles. The highest BCUT2D eigenvalue weighted by molar-refractivity contribution is 7.89. The molecule has 0 amide bonds. The molecule has 6 atom stereocenters. The lowest BCUT2D eigenvalue weighted by Gasteiger charge is -2.39. The molecule has 0 bridgehead atoms. The molecule has 320 valence electrons. The normalized spacial score (nSPS) is 27.2. The molecule has 6 unspecified atom stereocenters. The van der Waals surface area contributed by atoms with Crippen molar-refractivity contribution in [2.24, 2.45) is 35.5 Å². The van der Waals surface area contributed by atoms with Gasteiger partial charge in [0.1, 0.15) is 0 Å². The smallest absolute Gasteiger partial charge is 0.282 e. The Morgan fingerprint density at radius 2 is 1.39 bits per heavy atom. The van der Waals surface area contributed by atoms with Gasteiger partial charge in [0.2, 0.25) is 0 Å². The Balaban J connectivity index is 1.56. The van der Waals surface area contributed by atoms with Gasteiger partial charge in [0.15, 0.2) is 0 Å². The van der Waals surface area contributed by atoms with Crippen molar-refractivity contribution in [1.82, 2.24) is 0 Å². The van der Waals surface area contributed by atoms with Gasteiger partial charge < -0.3 is 0 Å². The molecule has 0 aromatic heterocycles. The van der Waals surface area contributed by atoms with Crippen LogP contribution in [0.15, 0.2) is 251 Å². The van der Waals surface area contributed by atoms with Crippen LogP contribution in [0.4, 0.5) is 0 Å². The molecule has 6 aliphatic rings. The molecule has 0 radical (unpaired) electrons. The van der Waals surface area contributed by atoms with Gasteiger partial charge in [-0.25, -0.2) is 0 Å². The van der Waals surface area contributed by atoms with Crippen molar-refractivity contribution in [3.63, 3.8) is 0 Å². The molecule has 0 aromatic carbocycles. The van der Waals surface area contributed by atoms with E-state index in [1.807, 2.05) is 12.2 Å². The van der Waals surface area contributed by atoms with Crippen LogP contribution >= 0.6 is 0 Å². The van der Waals surface area contributed by atoms with Crippen molar-refractivity contribution in [3.8, 4) is 0 Å². The second-order valence-corrected chi connectivity index (χ2v) is 18.5. The van der Waals surface area contributed by atoms with Crippen LogP contribution in [0.5, 0.6) is 0 Å². The molecule has 0 saturated heterocycles. The van der Waals surface area contributed by atoms with E-state index in [2.05, 4.69) is 135 Å².